The van der Waals surface area contributed by atoms with E-state index in [1.54, 1.807) is 0 Å². The number of nitrogens with two attached hydrogens (primary N) is 1. The predicted octanol–water partition coefficient (Wildman–Crippen LogP) is 1.04. The molecule has 1 unspecified atom stereocenters. The molecule has 1 nitrogen and oxygen atoms in total. The molecular weight excluding hydrogens is 118 g/mol. The summed E-state index contributed by atoms with van der Waals surface area (Å²) in [4.78, 5) is 0. The van der Waals surface area contributed by atoms with Crippen molar-refractivity contribution in [2.75, 3.05) is 6.54 Å². The first-order valence-electron chi connectivity index (χ1n) is 3.09. The van der Waals surface area contributed by atoms with E-state index in [0.717, 1.165) is 6.54 Å². The van der Waals surface area contributed by atoms with Crippen molar-refractivity contribution in [3.63, 3.8) is 0 Å². The molecule has 1 aliphatic rings. The van der Waals surface area contributed by atoms with Gasteiger partial charge in [-0.25, -0.2) is 0 Å². The van der Waals surface area contributed by atoms with Crippen LogP contribution in [0.4, 0.5) is 0 Å². The molecule has 2 heteroatoms. The van der Waals surface area contributed by atoms with Crippen LogP contribution in [0.3, 0.4) is 0 Å². The molecule has 1 saturated carbocycles. The van der Waals surface area contributed by atoms with Crippen molar-refractivity contribution >= 4 is 12.6 Å². The fraction of sp³-hybridized carbons (Fsp3) is 1.00. The molecule has 0 radical (unpaired) electrons. The molecular formula is C6H13NS. The molecule has 0 spiro atoms. The first kappa shape index (κ1) is 6.43. The lowest BCUT2D eigenvalue weighted by Crippen LogP contribution is -2.23. The summed E-state index contributed by atoms with van der Waals surface area (Å²) in [7, 11) is 0. The topological polar surface area (TPSA) is 26.0 Å². The van der Waals surface area contributed by atoms with Crippen molar-refractivity contribution in [1.29, 1.82) is 0 Å². The van der Waals surface area contributed by atoms with Gasteiger partial charge in [0.1, 0.15) is 0 Å². The van der Waals surface area contributed by atoms with Crippen LogP contribution in [0.2, 0.25) is 0 Å². The summed E-state index contributed by atoms with van der Waals surface area (Å²) < 4.78 is 0. The maximum Gasteiger partial charge on any atom is 0.00570 e. The van der Waals surface area contributed by atoms with E-state index in [2.05, 4.69) is 19.6 Å². The molecule has 8 heavy (non-hydrogen) atoms. The van der Waals surface area contributed by atoms with Crippen molar-refractivity contribution in [3.8, 4) is 0 Å². The van der Waals surface area contributed by atoms with Crippen LogP contribution in [0, 0.1) is 5.41 Å². The molecule has 1 fully saturated rings. The second-order valence-electron chi connectivity index (χ2n) is 2.74. The van der Waals surface area contributed by atoms with Gasteiger partial charge in [-0.2, -0.15) is 12.6 Å². The largest absolute Gasteiger partial charge is 0.330 e. The summed E-state index contributed by atoms with van der Waals surface area (Å²) in [6.07, 6.45) is 2.57. The van der Waals surface area contributed by atoms with E-state index >= 15 is 0 Å². The fourth-order valence-corrected chi connectivity index (χ4v) is 1.32. The zero-order valence-corrected chi connectivity index (χ0v) is 6.12. The molecule has 1 aliphatic carbocycles. The number of hydrogen-bond donors (Lipinski definition) is 2. The standard InChI is InChI=1S/C6H13NS/c1-5(8)6(4-7)2-3-6/h5,8H,2-4,7H2,1H3. The van der Waals surface area contributed by atoms with Crippen molar-refractivity contribution in [2.45, 2.75) is 25.0 Å². The minimum Gasteiger partial charge on any atom is -0.330 e. The number of thiol groups is 1. The van der Waals surface area contributed by atoms with Crippen LogP contribution in [-0.4, -0.2) is 11.8 Å². The lowest BCUT2D eigenvalue weighted by Gasteiger charge is -2.14. The van der Waals surface area contributed by atoms with Gasteiger partial charge in [-0.3, -0.25) is 0 Å². The third-order valence-corrected chi connectivity index (χ3v) is 2.73. The number of rotatable bonds is 2. The Balaban J connectivity index is 2.41. The van der Waals surface area contributed by atoms with Crippen LogP contribution in [0.15, 0.2) is 0 Å². The Morgan fingerprint density at radius 2 is 2.25 bits per heavy atom. The van der Waals surface area contributed by atoms with Crippen LogP contribution in [0.25, 0.3) is 0 Å². The molecule has 1 rings (SSSR count). The Labute approximate surface area is 56.1 Å². The van der Waals surface area contributed by atoms with Crippen molar-refractivity contribution in [3.05, 3.63) is 0 Å². The normalized spacial score (nSPS) is 27.4. The van der Waals surface area contributed by atoms with Gasteiger partial charge in [-0.1, -0.05) is 6.92 Å². The lowest BCUT2D eigenvalue weighted by molar-refractivity contribution is 0.521. The molecule has 0 amide bonds. The van der Waals surface area contributed by atoms with Crippen molar-refractivity contribution in [1.82, 2.24) is 0 Å². The summed E-state index contributed by atoms with van der Waals surface area (Å²) in [5.41, 5.74) is 5.95. The van der Waals surface area contributed by atoms with Crippen LogP contribution in [0.1, 0.15) is 19.8 Å². The van der Waals surface area contributed by atoms with Gasteiger partial charge in [-0.05, 0) is 24.8 Å². The second-order valence-corrected chi connectivity index (χ2v) is 3.52. The lowest BCUT2D eigenvalue weighted by atomic mass is 10.0. The van der Waals surface area contributed by atoms with Crippen molar-refractivity contribution in [2.24, 2.45) is 11.1 Å². The third-order valence-electron chi connectivity index (χ3n) is 2.18. The first-order valence-corrected chi connectivity index (χ1v) is 3.61. The fourth-order valence-electron chi connectivity index (χ4n) is 0.953. The monoisotopic (exact) mass is 131 g/mol. The van der Waals surface area contributed by atoms with Crippen LogP contribution in [0.5, 0.6) is 0 Å². The third kappa shape index (κ3) is 0.869. The highest BCUT2D eigenvalue weighted by atomic mass is 32.1. The van der Waals surface area contributed by atoms with Gasteiger partial charge in [-0.15, -0.1) is 0 Å². The average Bonchev–Trinajstić information content (AvgIpc) is 2.44. The smallest absolute Gasteiger partial charge is 0.00570 e. The van der Waals surface area contributed by atoms with Gasteiger partial charge < -0.3 is 5.73 Å². The Morgan fingerprint density at radius 1 is 1.75 bits per heavy atom. The number of hydrogen-bond acceptors (Lipinski definition) is 2. The molecule has 0 saturated heterocycles. The van der Waals surface area contributed by atoms with Gasteiger partial charge in [0.2, 0.25) is 0 Å². The first-order chi connectivity index (χ1) is 3.71. The zero-order chi connectivity index (χ0) is 6.20. The molecule has 0 aromatic heterocycles. The van der Waals surface area contributed by atoms with Gasteiger partial charge in [0.25, 0.3) is 0 Å². The van der Waals surface area contributed by atoms with E-state index in [9.17, 15) is 0 Å². The maximum absolute atomic E-state index is 5.52. The van der Waals surface area contributed by atoms with E-state index in [4.69, 9.17) is 5.73 Å². The van der Waals surface area contributed by atoms with E-state index < -0.39 is 0 Å². The Kier molecular flexibility index (Phi) is 1.54. The molecule has 1 atom stereocenters. The van der Waals surface area contributed by atoms with E-state index in [1.807, 2.05) is 0 Å². The van der Waals surface area contributed by atoms with Crippen molar-refractivity contribution < 1.29 is 0 Å². The molecule has 0 aliphatic heterocycles. The highest BCUT2D eigenvalue weighted by molar-refractivity contribution is 7.81. The minimum atomic E-state index is 0.434. The quantitative estimate of drug-likeness (QED) is 0.538. The summed E-state index contributed by atoms with van der Waals surface area (Å²) >= 11 is 4.34. The van der Waals surface area contributed by atoms with Gasteiger partial charge in [0, 0.05) is 5.25 Å². The summed E-state index contributed by atoms with van der Waals surface area (Å²) in [6.45, 7) is 2.95. The molecule has 48 valence electrons. The van der Waals surface area contributed by atoms with E-state index in [1.165, 1.54) is 12.8 Å². The van der Waals surface area contributed by atoms with Gasteiger partial charge in [0.05, 0.1) is 0 Å². The second kappa shape index (κ2) is 1.92. The molecule has 0 heterocycles. The Hall–Kier alpha value is 0.310. The highest BCUT2D eigenvalue weighted by Crippen LogP contribution is 2.49. The SMILES string of the molecule is CC(S)C1(CN)CC1. The Bertz CT molecular complexity index is 86.5. The highest BCUT2D eigenvalue weighted by Gasteiger charge is 2.44. The van der Waals surface area contributed by atoms with Crippen LogP contribution in [-0.2, 0) is 0 Å². The van der Waals surface area contributed by atoms with Gasteiger partial charge in [0.15, 0.2) is 0 Å². The van der Waals surface area contributed by atoms with E-state index in [0.29, 0.717) is 10.7 Å². The summed E-state index contributed by atoms with van der Waals surface area (Å²) in [5.74, 6) is 0. The van der Waals surface area contributed by atoms with Crippen LogP contribution < -0.4 is 5.73 Å². The van der Waals surface area contributed by atoms with Gasteiger partial charge >= 0.3 is 0 Å². The van der Waals surface area contributed by atoms with E-state index in [-0.39, 0.29) is 0 Å². The van der Waals surface area contributed by atoms with Crippen LogP contribution >= 0.6 is 12.6 Å². The predicted molar refractivity (Wildman–Crippen MR) is 39.2 cm³/mol. The zero-order valence-electron chi connectivity index (χ0n) is 5.22. The molecule has 0 aromatic carbocycles. The average molecular weight is 131 g/mol. The molecule has 0 aromatic rings. The maximum atomic E-state index is 5.52. The molecule has 2 N–H and O–H groups in total. The Morgan fingerprint density at radius 3 is 2.25 bits per heavy atom. The summed E-state index contributed by atoms with van der Waals surface area (Å²) in [5, 5.41) is 0.493. The minimum absolute atomic E-state index is 0.434. The molecule has 0 bridgehead atoms. The summed E-state index contributed by atoms with van der Waals surface area (Å²) in [6, 6.07) is 0.